The standard InChI is InChI=1S/C25H40N.ClH/c1-2-3-4-5-6-7-8-9-10-11-12-13-14-17-22-26-23-18-20-24-19-15-16-21-25(24)26;/h15-16,18-21,23H,2-14,17,22H2,1H3;1H/q+1;/p-1. The minimum atomic E-state index is 0. The Kier molecular flexibility index (Phi) is 14.1. The summed E-state index contributed by atoms with van der Waals surface area (Å²) in [6, 6.07) is 13.1. The number of para-hydroxylation sites is 1. The number of hydrogen-bond donors (Lipinski definition) is 0. The molecule has 0 amide bonds. The molecule has 0 N–H and O–H groups in total. The molecule has 1 aromatic heterocycles. The second-order valence-electron chi connectivity index (χ2n) is 7.86. The number of rotatable bonds is 15. The van der Waals surface area contributed by atoms with Gasteiger partial charge in [0, 0.05) is 23.9 Å². The van der Waals surface area contributed by atoms with Gasteiger partial charge in [0.25, 0.3) is 0 Å². The summed E-state index contributed by atoms with van der Waals surface area (Å²) in [6.45, 7) is 3.45. The van der Waals surface area contributed by atoms with Crippen molar-refractivity contribution in [3.8, 4) is 0 Å². The molecule has 1 nitrogen and oxygen atoms in total. The van der Waals surface area contributed by atoms with E-state index >= 15 is 0 Å². The monoisotopic (exact) mass is 389 g/mol. The molecule has 2 aromatic rings. The number of fused-ring (bicyclic) bond motifs is 1. The average molecular weight is 390 g/mol. The van der Waals surface area contributed by atoms with E-state index in [1.165, 1.54) is 101 Å². The van der Waals surface area contributed by atoms with E-state index in [-0.39, 0.29) is 12.4 Å². The van der Waals surface area contributed by atoms with Gasteiger partial charge >= 0.3 is 0 Å². The highest BCUT2D eigenvalue weighted by molar-refractivity contribution is 5.74. The van der Waals surface area contributed by atoms with E-state index in [2.05, 4.69) is 54.1 Å². The van der Waals surface area contributed by atoms with Crippen LogP contribution in [0.2, 0.25) is 0 Å². The molecule has 152 valence electrons. The summed E-state index contributed by atoms with van der Waals surface area (Å²) in [5, 5.41) is 1.35. The predicted octanol–water partition coefficient (Wildman–Crippen LogP) is 4.61. The van der Waals surface area contributed by atoms with Gasteiger partial charge in [-0.2, -0.15) is 4.57 Å². The van der Waals surface area contributed by atoms with Crippen molar-refractivity contribution in [2.24, 2.45) is 0 Å². The van der Waals surface area contributed by atoms with Gasteiger partial charge in [-0.15, -0.1) is 0 Å². The minimum Gasteiger partial charge on any atom is -1.00 e. The van der Waals surface area contributed by atoms with Crippen LogP contribution in [0.5, 0.6) is 0 Å². The third-order valence-electron chi connectivity index (χ3n) is 5.54. The fraction of sp³-hybridized carbons (Fsp3) is 0.640. The molecule has 0 spiro atoms. The second-order valence-corrected chi connectivity index (χ2v) is 7.86. The quantitative estimate of drug-likeness (QED) is 0.309. The molecule has 27 heavy (non-hydrogen) atoms. The van der Waals surface area contributed by atoms with Crippen LogP contribution in [0.15, 0.2) is 42.6 Å². The molecular formula is C25H40ClN. The van der Waals surface area contributed by atoms with Crippen LogP contribution in [0.3, 0.4) is 0 Å². The van der Waals surface area contributed by atoms with Crippen LogP contribution in [0.4, 0.5) is 0 Å². The van der Waals surface area contributed by atoms with Gasteiger partial charge in [0.1, 0.15) is 6.54 Å². The Bertz CT molecular complexity index is 590. The maximum Gasteiger partial charge on any atom is 0.212 e. The maximum absolute atomic E-state index is 2.41. The van der Waals surface area contributed by atoms with Crippen LogP contribution in [-0.2, 0) is 6.54 Å². The third-order valence-corrected chi connectivity index (χ3v) is 5.54. The van der Waals surface area contributed by atoms with Crippen LogP contribution < -0.4 is 17.0 Å². The van der Waals surface area contributed by atoms with Crippen LogP contribution in [0.25, 0.3) is 10.9 Å². The highest BCUT2D eigenvalue weighted by atomic mass is 35.5. The molecule has 0 bridgehead atoms. The number of halogens is 1. The molecule has 0 aliphatic heterocycles. The number of nitrogens with zero attached hydrogens (tertiary/aromatic N) is 1. The van der Waals surface area contributed by atoms with Crippen molar-refractivity contribution in [3.05, 3.63) is 42.6 Å². The first-order chi connectivity index (χ1) is 12.9. The third kappa shape index (κ3) is 10.1. The molecule has 0 saturated heterocycles. The highest BCUT2D eigenvalue weighted by Crippen LogP contribution is 2.13. The minimum absolute atomic E-state index is 0. The van der Waals surface area contributed by atoms with Gasteiger partial charge in [0.05, 0.1) is 0 Å². The lowest BCUT2D eigenvalue weighted by Gasteiger charge is -2.03. The molecular weight excluding hydrogens is 350 g/mol. The first-order valence-electron chi connectivity index (χ1n) is 11.3. The van der Waals surface area contributed by atoms with E-state index in [4.69, 9.17) is 0 Å². The van der Waals surface area contributed by atoms with E-state index in [1.807, 2.05) is 0 Å². The zero-order chi connectivity index (χ0) is 18.3. The largest absolute Gasteiger partial charge is 1.00 e. The zero-order valence-corrected chi connectivity index (χ0v) is 18.2. The summed E-state index contributed by atoms with van der Waals surface area (Å²) in [4.78, 5) is 0. The lowest BCUT2D eigenvalue weighted by molar-refractivity contribution is -0.671. The van der Waals surface area contributed by atoms with E-state index in [9.17, 15) is 0 Å². The number of pyridine rings is 1. The number of aromatic nitrogens is 1. The van der Waals surface area contributed by atoms with Crippen molar-refractivity contribution < 1.29 is 17.0 Å². The fourth-order valence-corrected chi connectivity index (χ4v) is 3.89. The molecule has 0 fully saturated rings. The normalized spacial score (nSPS) is 10.9. The Labute approximate surface area is 174 Å². The zero-order valence-electron chi connectivity index (χ0n) is 17.5. The molecule has 0 radical (unpaired) electrons. The summed E-state index contributed by atoms with van der Waals surface area (Å²) in [5.41, 5.74) is 1.37. The number of unbranched alkanes of at least 4 members (excludes halogenated alkanes) is 13. The Morgan fingerprint density at radius 1 is 0.593 bits per heavy atom. The lowest BCUT2D eigenvalue weighted by Crippen LogP contribution is -3.00. The van der Waals surface area contributed by atoms with Crippen molar-refractivity contribution in [1.29, 1.82) is 0 Å². The Morgan fingerprint density at radius 3 is 1.67 bits per heavy atom. The Balaban J connectivity index is 0.00000364. The van der Waals surface area contributed by atoms with E-state index in [1.54, 1.807) is 0 Å². The van der Waals surface area contributed by atoms with Crippen molar-refractivity contribution in [2.75, 3.05) is 0 Å². The number of benzene rings is 1. The molecule has 0 aliphatic carbocycles. The SMILES string of the molecule is CCCCCCCCCCCCCCCC[n+]1cccc2ccccc21.[Cl-]. The Hall–Kier alpha value is -1.08. The van der Waals surface area contributed by atoms with Crippen molar-refractivity contribution in [3.63, 3.8) is 0 Å². The molecule has 0 aliphatic rings. The van der Waals surface area contributed by atoms with Crippen LogP contribution >= 0.6 is 0 Å². The van der Waals surface area contributed by atoms with Gasteiger partial charge in [-0.1, -0.05) is 96.1 Å². The summed E-state index contributed by atoms with van der Waals surface area (Å²) in [5.74, 6) is 0. The number of aryl methyl sites for hydroxylation is 1. The van der Waals surface area contributed by atoms with Gasteiger partial charge in [-0.25, -0.2) is 0 Å². The average Bonchev–Trinajstić information content (AvgIpc) is 2.68. The second kappa shape index (κ2) is 15.9. The molecule has 1 heterocycles. The summed E-state index contributed by atoms with van der Waals surface area (Å²) in [7, 11) is 0. The van der Waals surface area contributed by atoms with Gasteiger partial charge < -0.3 is 12.4 Å². The summed E-state index contributed by atoms with van der Waals surface area (Å²) >= 11 is 0. The summed E-state index contributed by atoms with van der Waals surface area (Å²) < 4.78 is 2.41. The summed E-state index contributed by atoms with van der Waals surface area (Å²) in [6.07, 6.45) is 22.2. The van der Waals surface area contributed by atoms with Gasteiger partial charge in [-0.3, -0.25) is 0 Å². The maximum atomic E-state index is 2.41. The van der Waals surface area contributed by atoms with E-state index in [0.29, 0.717) is 0 Å². The predicted molar refractivity (Wildman–Crippen MR) is 114 cm³/mol. The van der Waals surface area contributed by atoms with E-state index < -0.39 is 0 Å². The van der Waals surface area contributed by atoms with E-state index in [0.717, 1.165) is 6.54 Å². The molecule has 2 heteroatoms. The molecule has 0 unspecified atom stereocenters. The first-order valence-corrected chi connectivity index (χ1v) is 11.3. The van der Waals surface area contributed by atoms with Crippen molar-refractivity contribution in [1.82, 2.24) is 0 Å². The fourth-order valence-electron chi connectivity index (χ4n) is 3.89. The van der Waals surface area contributed by atoms with Gasteiger partial charge in [0.15, 0.2) is 6.20 Å². The molecule has 0 saturated carbocycles. The highest BCUT2D eigenvalue weighted by Gasteiger charge is 2.06. The topological polar surface area (TPSA) is 3.88 Å². The van der Waals surface area contributed by atoms with Crippen LogP contribution in [0, 0.1) is 0 Å². The van der Waals surface area contributed by atoms with Crippen molar-refractivity contribution >= 4 is 10.9 Å². The van der Waals surface area contributed by atoms with Crippen LogP contribution in [0.1, 0.15) is 96.8 Å². The van der Waals surface area contributed by atoms with Crippen LogP contribution in [-0.4, -0.2) is 0 Å². The number of hydrogen-bond acceptors (Lipinski definition) is 0. The van der Waals surface area contributed by atoms with Gasteiger partial charge in [-0.05, 0) is 18.6 Å². The molecule has 1 aromatic carbocycles. The molecule has 2 rings (SSSR count). The first kappa shape index (κ1) is 24.0. The Morgan fingerprint density at radius 2 is 1.07 bits per heavy atom. The van der Waals surface area contributed by atoms with Gasteiger partial charge in [0.2, 0.25) is 5.52 Å². The lowest BCUT2D eigenvalue weighted by atomic mass is 10.0. The van der Waals surface area contributed by atoms with Crippen molar-refractivity contribution in [2.45, 2.75) is 103 Å². The smallest absolute Gasteiger partial charge is 0.212 e. The molecule has 0 atom stereocenters.